The fourth-order valence-corrected chi connectivity index (χ4v) is 2.88. The standard InChI is InChI=1S/C15H20BrN3/c1-10(2)11-5-7-12(8-6-11)15-14(16)13(9-17-3)18-19(15)4/h5-8,10,17H,9H2,1-4H3. The molecule has 0 atom stereocenters. The maximum absolute atomic E-state index is 4.54. The summed E-state index contributed by atoms with van der Waals surface area (Å²) in [5.41, 5.74) is 4.71. The number of nitrogens with one attached hydrogen (secondary N) is 1. The van der Waals surface area contributed by atoms with Gasteiger partial charge in [-0.1, -0.05) is 38.1 Å². The van der Waals surface area contributed by atoms with Crippen molar-refractivity contribution in [3.05, 3.63) is 40.0 Å². The summed E-state index contributed by atoms with van der Waals surface area (Å²) in [6.07, 6.45) is 0. The van der Waals surface area contributed by atoms with Gasteiger partial charge in [-0.15, -0.1) is 0 Å². The average Bonchev–Trinajstić information content (AvgIpc) is 2.65. The Morgan fingerprint density at radius 1 is 1.26 bits per heavy atom. The molecule has 1 heterocycles. The van der Waals surface area contributed by atoms with E-state index in [9.17, 15) is 0 Å². The van der Waals surface area contributed by atoms with Crippen molar-refractivity contribution in [2.24, 2.45) is 7.05 Å². The quantitative estimate of drug-likeness (QED) is 0.930. The normalized spacial score (nSPS) is 11.3. The van der Waals surface area contributed by atoms with Crippen molar-refractivity contribution < 1.29 is 0 Å². The van der Waals surface area contributed by atoms with Crippen LogP contribution in [0.15, 0.2) is 28.7 Å². The molecular formula is C15H20BrN3. The second kappa shape index (κ2) is 5.88. The number of aryl methyl sites for hydroxylation is 1. The minimum atomic E-state index is 0.559. The number of nitrogens with zero attached hydrogens (tertiary/aromatic N) is 2. The van der Waals surface area contributed by atoms with Crippen LogP contribution in [-0.2, 0) is 13.6 Å². The lowest BCUT2D eigenvalue weighted by molar-refractivity contribution is 0.715. The van der Waals surface area contributed by atoms with Crippen LogP contribution in [0.5, 0.6) is 0 Å². The molecule has 0 spiro atoms. The van der Waals surface area contributed by atoms with Crippen LogP contribution in [0.2, 0.25) is 0 Å². The van der Waals surface area contributed by atoms with E-state index in [0.717, 1.165) is 22.4 Å². The molecule has 0 bridgehead atoms. The predicted molar refractivity (Wildman–Crippen MR) is 83.2 cm³/mol. The largest absolute Gasteiger partial charge is 0.314 e. The van der Waals surface area contributed by atoms with Crippen LogP contribution in [0.25, 0.3) is 11.3 Å². The first-order chi connectivity index (χ1) is 9.04. The minimum Gasteiger partial charge on any atom is -0.314 e. The van der Waals surface area contributed by atoms with Crippen LogP contribution in [0.4, 0.5) is 0 Å². The molecule has 0 saturated heterocycles. The van der Waals surface area contributed by atoms with Gasteiger partial charge in [0.05, 0.1) is 15.9 Å². The van der Waals surface area contributed by atoms with Gasteiger partial charge in [-0.2, -0.15) is 5.10 Å². The van der Waals surface area contributed by atoms with Crippen molar-refractivity contribution in [2.45, 2.75) is 26.3 Å². The van der Waals surface area contributed by atoms with Crippen molar-refractivity contribution in [2.75, 3.05) is 7.05 Å². The second-order valence-electron chi connectivity index (χ2n) is 5.04. The van der Waals surface area contributed by atoms with E-state index in [-0.39, 0.29) is 0 Å². The molecule has 0 fully saturated rings. The number of halogens is 1. The molecule has 19 heavy (non-hydrogen) atoms. The smallest absolute Gasteiger partial charge is 0.0910 e. The molecule has 2 rings (SSSR count). The zero-order chi connectivity index (χ0) is 14.0. The topological polar surface area (TPSA) is 29.9 Å². The third-order valence-corrected chi connectivity index (χ3v) is 4.08. The Morgan fingerprint density at radius 3 is 2.42 bits per heavy atom. The summed E-state index contributed by atoms with van der Waals surface area (Å²) in [7, 11) is 3.91. The molecule has 0 radical (unpaired) electrons. The third kappa shape index (κ3) is 2.90. The van der Waals surface area contributed by atoms with Gasteiger partial charge in [-0.3, -0.25) is 4.68 Å². The summed E-state index contributed by atoms with van der Waals surface area (Å²) < 4.78 is 3.00. The second-order valence-corrected chi connectivity index (χ2v) is 5.83. The average molecular weight is 322 g/mol. The minimum absolute atomic E-state index is 0.559. The Kier molecular flexibility index (Phi) is 4.42. The highest BCUT2D eigenvalue weighted by Gasteiger charge is 2.14. The van der Waals surface area contributed by atoms with Gasteiger partial charge in [0.15, 0.2) is 0 Å². The molecule has 4 heteroatoms. The highest BCUT2D eigenvalue weighted by Crippen LogP contribution is 2.31. The van der Waals surface area contributed by atoms with Crippen LogP contribution in [0.3, 0.4) is 0 Å². The number of aromatic nitrogens is 2. The zero-order valence-corrected chi connectivity index (χ0v) is 13.5. The van der Waals surface area contributed by atoms with Crippen LogP contribution in [-0.4, -0.2) is 16.8 Å². The van der Waals surface area contributed by atoms with Crippen LogP contribution >= 0.6 is 15.9 Å². The first kappa shape index (κ1) is 14.3. The molecule has 0 aliphatic rings. The van der Waals surface area contributed by atoms with E-state index in [4.69, 9.17) is 0 Å². The van der Waals surface area contributed by atoms with Crippen LogP contribution < -0.4 is 5.32 Å². The Balaban J connectivity index is 2.41. The molecule has 1 aromatic carbocycles. The maximum atomic E-state index is 4.54. The Bertz CT molecular complexity index is 556. The van der Waals surface area contributed by atoms with Crippen molar-refractivity contribution in [1.82, 2.24) is 15.1 Å². The first-order valence-electron chi connectivity index (χ1n) is 6.51. The molecule has 0 saturated carbocycles. The van der Waals surface area contributed by atoms with E-state index in [2.05, 4.69) is 64.5 Å². The summed E-state index contributed by atoms with van der Waals surface area (Å²) in [4.78, 5) is 0. The van der Waals surface area contributed by atoms with Crippen molar-refractivity contribution in [1.29, 1.82) is 0 Å². The molecular weight excluding hydrogens is 302 g/mol. The first-order valence-corrected chi connectivity index (χ1v) is 7.30. The van der Waals surface area contributed by atoms with Gasteiger partial charge < -0.3 is 5.32 Å². The van der Waals surface area contributed by atoms with E-state index >= 15 is 0 Å². The number of hydrogen-bond donors (Lipinski definition) is 1. The van der Waals surface area contributed by atoms with Gasteiger partial charge in [-0.05, 0) is 34.5 Å². The van der Waals surface area contributed by atoms with Crippen LogP contribution in [0, 0.1) is 0 Å². The monoisotopic (exact) mass is 321 g/mol. The SMILES string of the molecule is CNCc1nn(C)c(-c2ccc(C(C)C)cc2)c1Br. The molecule has 1 N–H and O–H groups in total. The van der Waals surface area contributed by atoms with Gasteiger partial charge >= 0.3 is 0 Å². The van der Waals surface area contributed by atoms with Gasteiger partial charge in [0.2, 0.25) is 0 Å². The Labute approximate surface area is 123 Å². The lowest BCUT2D eigenvalue weighted by atomic mass is 10.0. The summed E-state index contributed by atoms with van der Waals surface area (Å²) in [5, 5.41) is 7.68. The Morgan fingerprint density at radius 2 is 1.89 bits per heavy atom. The van der Waals surface area contributed by atoms with E-state index in [1.165, 1.54) is 11.1 Å². The fourth-order valence-electron chi connectivity index (χ4n) is 2.17. The number of rotatable bonds is 4. The van der Waals surface area contributed by atoms with Crippen molar-refractivity contribution >= 4 is 15.9 Å². The molecule has 0 unspecified atom stereocenters. The van der Waals surface area contributed by atoms with Gasteiger partial charge in [0.1, 0.15) is 0 Å². The Hall–Kier alpha value is -1.13. The molecule has 3 nitrogen and oxygen atoms in total. The van der Waals surface area contributed by atoms with Gasteiger partial charge in [0.25, 0.3) is 0 Å². The van der Waals surface area contributed by atoms with Crippen molar-refractivity contribution in [3.8, 4) is 11.3 Å². The molecule has 102 valence electrons. The summed E-state index contributed by atoms with van der Waals surface area (Å²) >= 11 is 3.66. The molecule has 0 amide bonds. The summed E-state index contributed by atoms with van der Waals surface area (Å²) in [6, 6.07) is 8.72. The van der Waals surface area contributed by atoms with Crippen LogP contribution in [0.1, 0.15) is 31.0 Å². The van der Waals surface area contributed by atoms with E-state index in [1.807, 2.05) is 18.8 Å². The lowest BCUT2D eigenvalue weighted by Gasteiger charge is -2.07. The van der Waals surface area contributed by atoms with Crippen molar-refractivity contribution in [3.63, 3.8) is 0 Å². The van der Waals surface area contributed by atoms with E-state index in [1.54, 1.807) is 0 Å². The third-order valence-electron chi connectivity index (χ3n) is 3.25. The zero-order valence-electron chi connectivity index (χ0n) is 11.9. The molecule has 1 aromatic heterocycles. The molecule has 0 aliphatic carbocycles. The lowest BCUT2D eigenvalue weighted by Crippen LogP contribution is -2.06. The fraction of sp³-hybridized carbons (Fsp3) is 0.400. The highest BCUT2D eigenvalue weighted by molar-refractivity contribution is 9.10. The van der Waals surface area contributed by atoms with E-state index < -0.39 is 0 Å². The maximum Gasteiger partial charge on any atom is 0.0910 e. The molecule has 0 aliphatic heterocycles. The predicted octanol–water partition coefficient (Wildman–Crippen LogP) is 3.69. The van der Waals surface area contributed by atoms with E-state index in [0.29, 0.717) is 5.92 Å². The number of hydrogen-bond acceptors (Lipinski definition) is 2. The number of benzene rings is 1. The summed E-state index contributed by atoms with van der Waals surface area (Å²) in [5.74, 6) is 0.559. The molecule has 2 aromatic rings. The van der Waals surface area contributed by atoms with Gasteiger partial charge in [0, 0.05) is 19.2 Å². The summed E-state index contributed by atoms with van der Waals surface area (Å²) in [6.45, 7) is 5.18. The van der Waals surface area contributed by atoms with Gasteiger partial charge in [-0.25, -0.2) is 0 Å². The highest BCUT2D eigenvalue weighted by atomic mass is 79.9.